The first kappa shape index (κ1) is 14.8. The number of hydrogen-bond donors (Lipinski definition) is 0. The SMILES string of the molecule is CCCC1CN(c2ccc(CC)cc2)N=C1c1cccnc1. The fourth-order valence-corrected chi connectivity index (χ4v) is 3.00. The lowest BCUT2D eigenvalue weighted by Gasteiger charge is -2.16. The summed E-state index contributed by atoms with van der Waals surface area (Å²) in [5.74, 6) is 0.486. The second kappa shape index (κ2) is 6.73. The topological polar surface area (TPSA) is 28.5 Å². The van der Waals surface area contributed by atoms with Crippen LogP contribution in [-0.2, 0) is 6.42 Å². The Labute approximate surface area is 132 Å². The van der Waals surface area contributed by atoms with Gasteiger partial charge < -0.3 is 0 Å². The zero-order chi connectivity index (χ0) is 15.4. The van der Waals surface area contributed by atoms with Crippen molar-refractivity contribution in [1.82, 2.24) is 4.98 Å². The number of aromatic nitrogens is 1. The minimum Gasteiger partial charge on any atom is -0.265 e. The molecule has 0 radical (unpaired) electrons. The Morgan fingerprint density at radius 2 is 1.95 bits per heavy atom. The Balaban J connectivity index is 1.88. The van der Waals surface area contributed by atoms with Crippen LogP contribution in [0.3, 0.4) is 0 Å². The molecule has 0 saturated heterocycles. The lowest BCUT2D eigenvalue weighted by Crippen LogP contribution is -2.19. The van der Waals surface area contributed by atoms with Gasteiger partial charge in [-0.2, -0.15) is 5.10 Å². The Morgan fingerprint density at radius 3 is 2.59 bits per heavy atom. The minimum absolute atomic E-state index is 0.486. The summed E-state index contributed by atoms with van der Waals surface area (Å²) >= 11 is 0. The Kier molecular flexibility index (Phi) is 4.52. The van der Waals surface area contributed by atoms with E-state index in [1.54, 1.807) is 0 Å². The van der Waals surface area contributed by atoms with Crippen molar-refractivity contribution in [2.75, 3.05) is 11.6 Å². The Morgan fingerprint density at radius 1 is 1.14 bits per heavy atom. The third kappa shape index (κ3) is 3.03. The summed E-state index contributed by atoms with van der Waals surface area (Å²) in [6.45, 7) is 5.38. The van der Waals surface area contributed by atoms with E-state index in [-0.39, 0.29) is 0 Å². The molecule has 1 unspecified atom stereocenters. The highest BCUT2D eigenvalue weighted by molar-refractivity contribution is 6.04. The van der Waals surface area contributed by atoms with Gasteiger partial charge in [0.1, 0.15) is 0 Å². The number of rotatable bonds is 5. The third-order valence-corrected chi connectivity index (χ3v) is 4.25. The summed E-state index contributed by atoms with van der Waals surface area (Å²) in [5.41, 5.74) is 4.87. The molecule has 2 heterocycles. The van der Waals surface area contributed by atoms with Crippen LogP contribution in [0.5, 0.6) is 0 Å². The predicted octanol–water partition coefficient (Wildman–Crippen LogP) is 4.28. The lowest BCUT2D eigenvalue weighted by molar-refractivity contribution is 0.631. The van der Waals surface area contributed by atoms with Crippen LogP contribution in [0.25, 0.3) is 0 Å². The number of hydrazone groups is 1. The number of hydrogen-bond acceptors (Lipinski definition) is 3. The van der Waals surface area contributed by atoms with Gasteiger partial charge in [0.2, 0.25) is 0 Å². The number of nitrogens with zero attached hydrogens (tertiary/aromatic N) is 3. The maximum Gasteiger partial charge on any atom is 0.0746 e. The van der Waals surface area contributed by atoms with Crippen LogP contribution in [0.4, 0.5) is 5.69 Å². The summed E-state index contributed by atoms with van der Waals surface area (Å²) in [7, 11) is 0. The molecule has 0 fully saturated rings. The quantitative estimate of drug-likeness (QED) is 0.823. The minimum atomic E-state index is 0.486. The van der Waals surface area contributed by atoms with E-state index in [4.69, 9.17) is 5.10 Å². The first-order valence-electron chi connectivity index (χ1n) is 8.17. The van der Waals surface area contributed by atoms with Gasteiger partial charge in [-0.15, -0.1) is 0 Å². The summed E-state index contributed by atoms with van der Waals surface area (Å²) in [5, 5.41) is 7.04. The van der Waals surface area contributed by atoms with Gasteiger partial charge in [0, 0.05) is 23.9 Å². The van der Waals surface area contributed by atoms with Crippen LogP contribution in [-0.4, -0.2) is 17.2 Å². The molecular formula is C19H23N3. The fourth-order valence-electron chi connectivity index (χ4n) is 3.00. The maximum absolute atomic E-state index is 4.89. The standard InChI is InChI=1S/C19H23N3/c1-3-6-17-14-22(18-10-8-15(4-2)9-11-18)21-19(17)16-7-5-12-20-13-16/h5,7-13,17H,3-4,6,14H2,1-2H3. The van der Waals surface area contributed by atoms with Crippen LogP contribution < -0.4 is 5.01 Å². The Bertz CT molecular complexity index is 631. The normalized spacial score (nSPS) is 17.6. The van der Waals surface area contributed by atoms with Gasteiger partial charge in [0.05, 0.1) is 17.9 Å². The predicted molar refractivity (Wildman–Crippen MR) is 92.3 cm³/mol. The van der Waals surface area contributed by atoms with Gasteiger partial charge in [-0.25, -0.2) is 0 Å². The van der Waals surface area contributed by atoms with Crippen molar-refractivity contribution in [2.24, 2.45) is 11.0 Å². The average molecular weight is 293 g/mol. The molecule has 0 amide bonds. The smallest absolute Gasteiger partial charge is 0.0746 e. The van der Waals surface area contributed by atoms with Gasteiger partial charge in [0.15, 0.2) is 0 Å². The van der Waals surface area contributed by atoms with Gasteiger partial charge in [0.25, 0.3) is 0 Å². The highest BCUT2D eigenvalue weighted by Gasteiger charge is 2.27. The van der Waals surface area contributed by atoms with E-state index >= 15 is 0 Å². The van der Waals surface area contributed by atoms with Crippen molar-refractivity contribution in [1.29, 1.82) is 0 Å². The summed E-state index contributed by atoms with van der Waals surface area (Å²) in [6.07, 6.45) is 7.15. The molecule has 0 aliphatic carbocycles. The molecule has 114 valence electrons. The van der Waals surface area contributed by atoms with E-state index in [1.165, 1.54) is 23.4 Å². The Hall–Kier alpha value is -2.16. The van der Waals surface area contributed by atoms with Crippen molar-refractivity contribution in [2.45, 2.75) is 33.1 Å². The van der Waals surface area contributed by atoms with Gasteiger partial charge in [-0.1, -0.05) is 32.4 Å². The van der Waals surface area contributed by atoms with E-state index in [1.807, 2.05) is 18.5 Å². The summed E-state index contributed by atoms with van der Waals surface area (Å²) < 4.78 is 0. The molecule has 0 saturated carbocycles. The second-order valence-electron chi connectivity index (χ2n) is 5.81. The molecule has 3 rings (SSSR count). The van der Waals surface area contributed by atoms with E-state index in [2.05, 4.69) is 54.2 Å². The molecule has 1 aliphatic rings. The van der Waals surface area contributed by atoms with Crippen molar-refractivity contribution in [3.05, 3.63) is 59.9 Å². The summed E-state index contributed by atoms with van der Waals surface area (Å²) in [4.78, 5) is 4.24. The largest absolute Gasteiger partial charge is 0.265 e. The monoisotopic (exact) mass is 293 g/mol. The number of aryl methyl sites for hydroxylation is 1. The van der Waals surface area contributed by atoms with Crippen LogP contribution in [0.2, 0.25) is 0 Å². The van der Waals surface area contributed by atoms with E-state index in [9.17, 15) is 0 Å². The number of benzene rings is 1. The van der Waals surface area contributed by atoms with E-state index in [0.717, 1.165) is 24.9 Å². The van der Waals surface area contributed by atoms with Gasteiger partial charge in [-0.05, 0) is 42.7 Å². The summed E-state index contributed by atoms with van der Waals surface area (Å²) in [6, 6.07) is 12.8. The molecule has 0 N–H and O–H groups in total. The lowest BCUT2D eigenvalue weighted by atomic mass is 9.94. The van der Waals surface area contributed by atoms with Crippen molar-refractivity contribution >= 4 is 11.4 Å². The first-order chi connectivity index (χ1) is 10.8. The van der Waals surface area contributed by atoms with Crippen molar-refractivity contribution in [3.8, 4) is 0 Å². The van der Waals surface area contributed by atoms with Crippen LogP contribution in [0.1, 0.15) is 37.8 Å². The molecule has 1 aromatic heterocycles. The van der Waals surface area contributed by atoms with Crippen molar-refractivity contribution < 1.29 is 0 Å². The van der Waals surface area contributed by atoms with Crippen LogP contribution in [0.15, 0.2) is 53.9 Å². The highest BCUT2D eigenvalue weighted by Crippen LogP contribution is 2.28. The zero-order valence-corrected chi connectivity index (χ0v) is 13.4. The van der Waals surface area contributed by atoms with Gasteiger partial charge in [-0.3, -0.25) is 9.99 Å². The average Bonchev–Trinajstić information content (AvgIpc) is 3.00. The molecular weight excluding hydrogens is 270 g/mol. The molecule has 0 spiro atoms. The fraction of sp³-hybridized carbons (Fsp3) is 0.368. The molecule has 1 atom stereocenters. The molecule has 22 heavy (non-hydrogen) atoms. The second-order valence-corrected chi connectivity index (χ2v) is 5.81. The zero-order valence-electron chi connectivity index (χ0n) is 13.4. The van der Waals surface area contributed by atoms with E-state index < -0.39 is 0 Å². The van der Waals surface area contributed by atoms with Crippen LogP contribution in [0, 0.1) is 5.92 Å². The number of anilines is 1. The molecule has 0 bridgehead atoms. The first-order valence-corrected chi connectivity index (χ1v) is 8.17. The number of pyridine rings is 1. The third-order valence-electron chi connectivity index (χ3n) is 4.25. The molecule has 3 nitrogen and oxygen atoms in total. The maximum atomic E-state index is 4.89. The molecule has 2 aromatic rings. The van der Waals surface area contributed by atoms with Crippen LogP contribution >= 0.6 is 0 Å². The van der Waals surface area contributed by atoms with E-state index in [0.29, 0.717) is 5.92 Å². The molecule has 3 heteroatoms. The van der Waals surface area contributed by atoms with Crippen molar-refractivity contribution in [3.63, 3.8) is 0 Å². The molecule has 1 aliphatic heterocycles. The van der Waals surface area contributed by atoms with Gasteiger partial charge >= 0.3 is 0 Å². The highest BCUT2D eigenvalue weighted by atomic mass is 15.5. The molecule has 1 aromatic carbocycles.